The molecule has 0 spiro atoms. The van der Waals surface area contributed by atoms with Crippen LogP contribution in [-0.2, 0) is 23.0 Å². The Morgan fingerprint density at radius 3 is 2.68 bits per heavy atom. The SMILES string of the molecule is CC=Nc1ccc(-c2nc(CNS(=O)(=O)CCC)[nH]c2CC)cc1C. The van der Waals surface area contributed by atoms with Gasteiger partial charge in [-0.25, -0.2) is 18.1 Å². The van der Waals surface area contributed by atoms with E-state index in [-0.39, 0.29) is 12.3 Å². The number of hydrogen-bond acceptors (Lipinski definition) is 4. The molecule has 2 aromatic rings. The molecule has 0 bridgehead atoms. The molecule has 25 heavy (non-hydrogen) atoms. The van der Waals surface area contributed by atoms with Gasteiger partial charge in [-0.1, -0.05) is 19.9 Å². The van der Waals surface area contributed by atoms with Crippen molar-refractivity contribution in [3.8, 4) is 11.3 Å². The van der Waals surface area contributed by atoms with Crippen molar-refractivity contribution in [3.05, 3.63) is 35.3 Å². The number of hydrogen-bond donors (Lipinski definition) is 2. The summed E-state index contributed by atoms with van der Waals surface area (Å²) in [5.74, 6) is 0.750. The summed E-state index contributed by atoms with van der Waals surface area (Å²) in [6, 6.07) is 6.03. The fourth-order valence-electron chi connectivity index (χ4n) is 2.65. The van der Waals surface area contributed by atoms with Gasteiger partial charge in [0, 0.05) is 17.5 Å². The minimum atomic E-state index is -3.25. The van der Waals surface area contributed by atoms with E-state index in [2.05, 4.69) is 25.7 Å². The lowest BCUT2D eigenvalue weighted by molar-refractivity contribution is 0.578. The second kappa shape index (κ2) is 8.40. The highest BCUT2D eigenvalue weighted by molar-refractivity contribution is 7.89. The van der Waals surface area contributed by atoms with Crippen LogP contribution in [0.5, 0.6) is 0 Å². The zero-order valence-corrected chi connectivity index (χ0v) is 16.1. The van der Waals surface area contributed by atoms with Gasteiger partial charge in [0.25, 0.3) is 0 Å². The molecule has 6 nitrogen and oxygen atoms in total. The Morgan fingerprint density at radius 1 is 1.32 bits per heavy atom. The molecule has 136 valence electrons. The van der Waals surface area contributed by atoms with Gasteiger partial charge in [-0.15, -0.1) is 0 Å². The molecule has 0 atom stereocenters. The van der Waals surface area contributed by atoms with Crippen LogP contribution in [0.15, 0.2) is 23.2 Å². The van der Waals surface area contributed by atoms with Crippen LogP contribution >= 0.6 is 0 Å². The third kappa shape index (κ3) is 4.99. The maximum absolute atomic E-state index is 11.8. The van der Waals surface area contributed by atoms with E-state index in [1.807, 2.05) is 39.8 Å². The van der Waals surface area contributed by atoms with Crippen molar-refractivity contribution in [1.82, 2.24) is 14.7 Å². The van der Waals surface area contributed by atoms with Crippen LogP contribution in [0.3, 0.4) is 0 Å². The summed E-state index contributed by atoms with van der Waals surface area (Å²) in [5, 5.41) is 0. The number of aromatic amines is 1. The fraction of sp³-hybridized carbons (Fsp3) is 0.444. The van der Waals surface area contributed by atoms with Crippen LogP contribution in [-0.4, -0.2) is 30.4 Å². The van der Waals surface area contributed by atoms with Gasteiger partial charge < -0.3 is 4.98 Å². The van der Waals surface area contributed by atoms with Crippen LogP contribution < -0.4 is 4.72 Å². The summed E-state index contributed by atoms with van der Waals surface area (Å²) in [5.41, 5.74) is 4.87. The molecular formula is C18H26N4O2S. The van der Waals surface area contributed by atoms with Crippen molar-refractivity contribution in [1.29, 1.82) is 0 Å². The summed E-state index contributed by atoms with van der Waals surface area (Å²) in [6.07, 6.45) is 3.15. The maximum atomic E-state index is 11.8. The summed E-state index contributed by atoms with van der Waals surface area (Å²) < 4.78 is 26.2. The van der Waals surface area contributed by atoms with E-state index in [0.29, 0.717) is 12.2 Å². The quantitative estimate of drug-likeness (QED) is 0.705. The molecule has 0 saturated carbocycles. The first-order chi connectivity index (χ1) is 11.9. The summed E-state index contributed by atoms with van der Waals surface area (Å²) in [7, 11) is -3.25. The number of rotatable bonds is 8. The molecule has 7 heteroatoms. The smallest absolute Gasteiger partial charge is 0.211 e. The summed E-state index contributed by atoms with van der Waals surface area (Å²) in [6.45, 7) is 7.97. The monoisotopic (exact) mass is 362 g/mol. The lowest BCUT2D eigenvalue weighted by atomic mass is 10.1. The van der Waals surface area contributed by atoms with Gasteiger partial charge in [0.1, 0.15) is 5.82 Å². The highest BCUT2D eigenvalue weighted by Crippen LogP contribution is 2.28. The molecular weight excluding hydrogens is 336 g/mol. The first kappa shape index (κ1) is 19.3. The molecule has 1 aromatic heterocycles. The topological polar surface area (TPSA) is 87.2 Å². The average molecular weight is 362 g/mol. The van der Waals surface area contributed by atoms with Crippen molar-refractivity contribution in [2.24, 2.45) is 4.99 Å². The molecule has 0 radical (unpaired) electrons. The number of H-pyrrole nitrogens is 1. The predicted molar refractivity (Wildman–Crippen MR) is 103 cm³/mol. The minimum absolute atomic E-state index is 0.125. The summed E-state index contributed by atoms with van der Waals surface area (Å²) >= 11 is 0. The van der Waals surface area contributed by atoms with Gasteiger partial charge in [-0.05, 0) is 44.4 Å². The molecule has 2 N–H and O–H groups in total. The number of aromatic nitrogens is 2. The minimum Gasteiger partial charge on any atom is -0.344 e. The number of aryl methyl sites for hydroxylation is 2. The first-order valence-electron chi connectivity index (χ1n) is 8.55. The Morgan fingerprint density at radius 2 is 2.08 bits per heavy atom. The van der Waals surface area contributed by atoms with Crippen LogP contribution in [0.2, 0.25) is 0 Å². The molecule has 2 rings (SSSR count). The molecule has 1 aromatic carbocycles. The third-order valence-electron chi connectivity index (χ3n) is 3.85. The standard InChI is InChI=1S/C18H26N4O2S/c1-5-10-25(23,24)20-12-17-21-15(6-2)18(22-17)14-8-9-16(19-7-3)13(4)11-14/h7-9,11,20H,5-6,10,12H2,1-4H3,(H,21,22). The maximum Gasteiger partial charge on any atom is 0.211 e. The lowest BCUT2D eigenvalue weighted by Crippen LogP contribution is -2.26. The van der Waals surface area contributed by atoms with Crippen LogP contribution in [0.25, 0.3) is 11.3 Å². The van der Waals surface area contributed by atoms with Gasteiger partial charge in [-0.3, -0.25) is 4.99 Å². The third-order valence-corrected chi connectivity index (χ3v) is 5.38. The van der Waals surface area contributed by atoms with E-state index >= 15 is 0 Å². The van der Waals surface area contributed by atoms with Crippen molar-refractivity contribution in [3.63, 3.8) is 0 Å². The summed E-state index contributed by atoms with van der Waals surface area (Å²) in [4.78, 5) is 12.2. The molecule has 0 aliphatic carbocycles. The van der Waals surface area contributed by atoms with Crippen molar-refractivity contribution < 1.29 is 8.42 Å². The highest BCUT2D eigenvalue weighted by Gasteiger charge is 2.14. The van der Waals surface area contributed by atoms with E-state index in [9.17, 15) is 8.42 Å². The average Bonchev–Trinajstić information content (AvgIpc) is 2.98. The fourth-order valence-corrected chi connectivity index (χ4v) is 3.69. The molecule has 0 saturated heterocycles. The zero-order chi connectivity index (χ0) is 18.4. The normalized spacial score (nSPS) is 12.2. The van der Waals surface area contributed by atoms with Crippen molar-refractivity contribution in [2.75, 3.05) is 5.75 Å². The molecule has 0 fully saturated rings. The number of nitrogens with one attached hydrogen (secondary N) is 2. The van der Waals surface area contributed by atoms with E-state index < -0.39 is 10.0 Å². The molecule has 0 unspecified atom stereocenters. The Kier molecular flexibility index (Phi) is 6.50. The van der Waals surface area contributed by atoms with Gasteiger partial charge >= 0.3 is 0 Å². The molecule has 0 aliphatic heterocycles. The molecule has 0 amide bonds. The lowest BCUT2D eigenvalue weighted by Gasteiger charge is -2.05. The van der Waals surface area contributed by atoms with E-state index in [1.54, 1.807) is 6.21 Å². The van der Waals surface area contributed by atoms with Crippen LogP contribution in [0.4, 0.5) is 5.69 Å². The molecule has 0 aliphatic rings. The molecule has 1 heterocycles. The van der Waals surface area contributed by atoms with E-state index in [0.717, 1.165) is 34.6 Å². The Bertz CT molecular complexity index is 854. The zero-order valence-electron chi connectivity index (χ0n) is 15.3. The predicted octanol–water partition coefficient (Wildman–Crippen LogP) is 3.50. The Balaban J connectivity index is 2.27. The number of aliphatic imine (C=N–C) groups is 1. The second-order valence-corrected chi connectivity index (χ2v) is 7.82. The number of sulfonamides is 1. The first-order valence-corrected chi connectivity index (χ1v) is 10.2. The van der Waals surface area contributed by atoms with Gasteiger partial charge in [0.15, 0.2) is 0 Å². The Labute approximate surface area is 149 Å². The number of benzene rings is 1. The number of nitrogens with zero attached hydrogens (tertiary/aromatic N) is 2. The van der Waals surface area contributed by atoms with Crippen LogP contribution in [0.1, 0.15) is 44.3 Å². The van der Waals surface area contributed by atoms with Crippen molar-refractivity contribution in [2.45, 2.75) is 47.1 Å². The van der Waals surface area contributed by atoms with E-state index in [4.69, 9.17) is 0 Å². The number of imidazole rings is 1. The van der Waals surface area contributed by atoms with Crippen molar-refractivity contribution >= 4 is 21.9 Å². The van der Waals surface area contributed by atoms with Gasteiger partial charge in [-0.2, -0.15) is 0 Å². The second-order valence-electron chi connectivity index (χ2n) is 5.89. The Hall–Kier alpha value is -1.99. The van der Waals surface area contributed by atoms with Crippen LogP contribution in [0, 0.1) is 6.92 Å². The largest absolute Gasteiger partial charge is 0.344 e. The highest BCUT2D eigenvalue weighted by atomic mass is 32.2. The van der Waals surface area contributed by atoms with Gasteiger partial charge in [0.05, 0.1) is 23.7 Å². The van der Waals surface area contributed by atoms with Gasteiger partial charge in [0.2, 0.25) is 10.0 Å². The van der Waals surface area contributed by atoms with E-state index in [1.165, 1.54) is 0 Å².